The van der Waals surface area contributed by atoms with Gasteiger partial charge in [0.05, 0.1) is 0 Å². The van der Waals surface area contributed by atoms with Gasteiger partial charge in [-0.05, 0) is 36.2 Å². The van der Waals surface area contributed by atoms with Gasteiger partial charge in [-0.25, -0.2) is 8.78 Å². The number of nitrogens with one attached hydrogen (secondary N) is 1. The lowest BCUT2D eigenvalue weighted by molar-refractivity contribution is -0.128. The van der Waals surface area contributed by atoms with Crippen LogP contribution in [0.5, 0.6) is 5.75 Å². The molecule has 1 N–H and O–H groups in total. The van der Waals surface area contributed by atoms with Crippen molar-refractivity contribution in [3.8, 4) is 5.75 Å². The first-order chi connectivity index (χ1) is 10.6. The molecule has 1 atom stereocenters. The van der Waals surface area contributed by atoms with Gasteiger partial charge < -0.3 is 10.1 Å². The first-order valence-electron chi connectivity index (χ1n) is 7.03. The number of carbonyl (C=O) groups is 1. The van der Waals surface area contributed by atoms with E-state index in [0.29, 0.717) is 6.42 Å². The van der Waals surface area contributed by atoms with Crippen molar-refractivity contribution in [1.29, 1.82) is 0 Å². The molecule has 0 aliphatic carbocycles. The number of hydrogen-bond donors (Lipinski definition) is 1. The second-order valence-electron chi connectivity index (χ2n) is 4.79. The average molecular weight is 305 g/mol. The molecule has 0 saturated heterocycles. The summed E-state index contributed by atoms with van der Waals surface area (Å²) in [6.07, 6.45) is -0.374. The van der Waals surface area contributed by atoms with Crippen molar-refractivity contribution < 1.29 is 18.3 Å². The Labute approximate surface area is 127 Å². The maximum Gasteiger partial charge on any atom is 0.261 e. The van der Waals surface area contributed by atoms with E-state index in [1.54, 1.807) is 31.2 Å². The second kappa shape index (κ2) is 7.54. The van der Waals surface area contributed by atoms with E-state index in [1.165, 1.54) is 24.3 Å². The Kier molecular flexibility index (Phi) is 5.47. The molecule has 0 radical (unpaired) electrons. The predicted molar refractivity (Wildman–Crippen MR) is 79.4 cm³/mol. The summed E-state index contributed by atoms with van der Waals surface area (Å²) in [6.45, 7) is 2.04. The molecule has 5 heteroatoms. The van der Waals surface area contributed by atoms with E-state index in [9.17, 15) is 13.6 Å². The molecule has 0 fully saturated rings. The third-order valence-corrected chi connectivity index (χ3v) is 3.15. The Hall–Kier alpha value is -2.43. The minimum absolute atomic E-state index is 0.0475. The lowest BCUT2D eigenvalue weighted by Crippen LogP contribution is -2.37. The van der Waals surface area contributed by atoms with Gasteiger partial charge in [0.1, 0.15) is 5.82 Å². The molecule has 0 unspecified atom stereocenters. The van der Waals surface area contributed by atoms with Crippen LogP contribution in [0.15, 0.2) is 48.5 Å². The van der Waals surface area contributed by atoms with Crippen LogP contribution in [-0.4, -0.2) is 12.0 Å². The highest BCUT2D eigenvalue weighted by molar-refractivity contribution is 5.81. The molecule has 22 heavy (non-hydrogen) atoms. The standard InChI is InChI=1S/C17H17F2NO2/c1-2-15(22-16-6-4-3-5-14(16)19)17(21)20-11-12-7-9-13(18)10-8-12/h3-10,15H,2,11H2,1H3,(H,20,21)/t15-/m1/s1. The van der Waals surface area contributed by atoms with Crippen molar-refractivity contribution in [2.75, 3.05) is 0 Å². The van der Waals surface area contributed by atoms with E-state index in [0.717, 1.165) is 5.56 Å². The van der Waals surface area contributed by atoms with E-state index in [-0.39, 0.29) is 24.0 Å². The fraction of sp³-hybridized carbons (Fsp3) is 0.235. The number of para-hydroxylation sites is 1. The summed E-state index contributed by atoms with van der Waals surface area (Å²) < 4.78 is 31.8. The van der Waals surface area contributed by atoms with Gasteiger partial charge in [0.2, 0.25) is 0 Å². The average Bonchev–Trinajstić information content (AvgIpc) is 2.53. The van der Waals surface area contributed by atoms with Crippen molar-refractivity contribution in [3.63, 3.8) is 0 Å². The number of carbonyl (C=O) groups excluding carboxylic acids is 1. The molecule has 0 spiro atoms. The summed E-state index contributed by atoms with van der Waals surface area (Å²) >= 11 is 0. The molecule has 2 aromatic rings. The monoisotopic (exact) mass is 305 g/mol. The smallest absolute Gasteiger partial charge is 0.261 e. The number of ether oxygens (including phenoxy) is 1. The lowest BCUT2D eigenvalue weighted by Gasteiger charge is -2.17. The van der Waals surface area contributed by atoms with Crippen molar-refractivity contribution in [2.45, 2.75) is 26.0 Å². The molecule has 2 aromatic carbocycles. The Balaban J connectivity index is 1.94. The van der Waals surface area contributed by atoms with E-state index in [2.05, 4.69) is 5.32 Å². The van der Waals surface area contributed by atoms with Crippen LogP contribution < -0.4 is 10.1 Å². The van der Waals surface area contributed by atoms with Crippen LogP contribution in [0.1, 0.15) is 18.9 Å². The van der Waals surface area contributed by atoms with Gasteiger partial charge in [0.15, 0.2) is 17.7 Å². The van der Waals surface area contributed by atoms with Gasteiger partial charge in [-0.15, -0.1) is 0 Å². The van der Waals surface area contributed by atoms with E-state index < -0.39 is 11.9 Å². The molecule has 1 amide bonds. The molecule has 2 rings (SSSR count). The Morgan fingerprint density at radius 2 is 1.82 bits per heavy atom. The second-order valence-corrected chi connectivity index (χ2v) is 4.79. The minimum Gasteiger partial charge on any atom is -0.478 e. The van der Waals surface area contributed by atoms with Gasteiger partial charge in [-0.2, -0.15) is 0 Å². The molecule has 0 saturated carbocycles. The highest BCUT2D eigenvalue weighted by atomic mass is 19.1. The Morgan fingerprint density at radius 3 is 2.45 bits per heavy atom. The largest absolute Gasteiger partial charge is 0.478 e. The van der Waals surface area contributed by atoms with Gasteiger partial charge in [-0.1, -0.05) is 31.2 Å². The zero-order valence-electron chi connectivity index (χ0n) is 12.2. The number of amides is 1. The van der Waals surface area contributed by atoms with E-state index >= 15 is 0 Å². The van der Waals surface area contributed by atoms with Crippen LogP contribution >= 0.6 is 0 Å². The zero-order valence-corrected chi connectivity index (χ0v) is 12.2. The van der Waals surface area contributed by atoms with Crippen LogP contribution in [0, 0.1) is 11.6 Å². The molecule has 116 valence electrons. The van der Waals surface area contributed by atoms with Crippen molar-refractivity contribution in [1.82, 2.24) is 5.32 Å². The van der Waals surface area contributed by atoms with Crippen LogP contribution in [-0.2, 0) is 11.3 Å². The number of rotatable bonds is 6. The maximum atomic E-state index is 13.5. The summed E-state index contributed by atoms with van der Waals surface area (Å²) in [7, 11) is 0. The van der Waals surface area contributed by atoms with Crippen LogP contribution in [0.4, 0.5) is 8.78 Å². The van der Waals surface area contributed by atoms with Crippen LogP contribution in [0.2, 0.25) is 0 Å². The summed E-state index contributed by atoms with van der Waals surface area (Å²) in [5.74, 6) is -1.13. The van der Waals surface area contributed by atoms with Crippen molar-refractivity contribution in [2.24, 2.45) is 0 Å². The summed E-state index contributed by atoms with van der Waals surface area (Å²) in [5.41, 5.74) is 0.774. The Morgan fingerprint density at radius 1 is 1.14 bits per heavy atom. The van der Waals surface area contributed by atoms with Gasteiger partial charge in [-0.3, -0.25) is 4.79 Å². The number of benzene rings is 2. The number of hydrogen-bond acceptors (Lipinski definition) is 2. The summed E-state index contributed by atoms with van der Waals surface area (Å²) in [5, 5.41) is 2.70. The van der Waals surface area contributed by atoms with Crippen molar-refractivity contribution in [3.05, 3.63) is 65.7 Å². The first kappa shape index (κ1) is 15.9. The third kappa shape index (κ3) is 4.28. The van der Waals surface area contributed by atoms with E-state index in [1.807, 2.05) is 0 Å². The molecule has 0 bridgehead atoms. The molecule has 0 heterocycles. The maximum absolute atomic E-state index is 13.5. The SMILES string of the molecule is CC[C@@H](Oc1ccccc1F)C(=O)NCc1ccc(F)cc1. The molecule has 0 aromatic heterocycles. The molecule has 0 aliphatic rings. The van der Waals surface area contributed by atoms with Crippen LogP contribution in [0.25, 0.3) is 0 Å². The third-order valence-electron chi connectivity index (χ3n) is 3.15. The highest BCUT2D eigenvalue weighted by Crippen LogP contribution is 2.18. The zero-order chi connectivity index (χ0) is 15.9. The fourth-order valence-electron chi connectivity index (χ4n) is 1.92. The normalized spacial score (nSPS) is 11.8. The summed E-state index contributed by atoms with van der Waals surface area (Å²) in [6, 6.07) is 11.8. The molecule has 3 nitrogen and oxygen atoms in total. The van der Waals surface area contributed by atoms with Crippen LogP contribution in [0.3, 0.4) is 0 Å². The lowest BCUT2D eigenvalue weighted by atomic mass is 10.2. The minimum atomic E-state index is -0.780. The van der Waals surface area contributed by atoms with Crippen molar-refractivity contribution >= 4 is 5.91 Å². The number of halogens is 2. The van der Waals surface area contributed by atoms with Gasteiger partial charge in [0.25, 0.3) is 5.91 Å². The van der Waals surface area contributed by atoms with Gasteiger partial charge in [0, 0.05) is 6.54 Å². The highest BCUT2D eigenvalue weighted by Gasteiger charge is 2.19. The Bertz CT molecular complexity index is 629. The molecular formula is C17H17F2NO2. The first-order valence-corrected chi connectivity index (χ1v) is 7.03. The quantitative estimate of drug-likeness (QED) is 0.888. The van der Waals surface area contributed by atoms with E-state index in [4.69, 9.17) is 4.74 Å². The molecule has 0 aliphatic heterocycles. The predicted octanol–water partition coefficient (Wildman–Crippen LogP) is 3.44. The molecular weight excluding hydrogens is 288 g/mol. The topological polar surface area (TPSA) is 38.3 Å². The summed E-state index contributed by atoms with van der Waals surface area (Å²) in [4.78, 5) is 12.1. The van der Waals surface area contributed by atoms with Gasteiger partial charge >= 0.3 is 0 Å². The fourth-order valence-corrected chi connectivity index (χ4v) is 1.92.